The van der Waals surface area contributed by atoms with Crippen LogP contribution in [0.1, 0.15) is 31.5 Å². The van der Waals surface area contributed by atoms with Gasteiger partial charge >= 0.3 is 6.18 Å². The number of nitrogen functional groups attached to an aromatic ring is 1. The maximum absolute atomic E-state index is 12.9. The second-order valence-corrected chi connectivity index (χ2v) is 6.77. The SMILES string of the molecule is Cc1cc(-c2ccnc(N)n2)ccc1Cc1nc(C(F)(F)F)sc1C(N)=O. The largest absolute Gasteiger partial charge is 0.443 e. The Kier molecular flexibility index (Phi) is 4.83. The van der Waals surface area contributed by atoms with Crippen LogP contribution in [0.4, 0.5) is 19.1 Å². The van der Waals surface area contributed by atoms with Gasteiger partial charge in [0.05, 0.1) is 11.4 Å². The molecule has 6 nitrogen and oxygen atoms in total. The number of primary amides is 1. The zero-order valence-corrected chi connectivity index (χ0v) is 14.9. The van der Waals surface area contributed by atoms with Crippen LogP contribution >= 0.6 is 11.3 Å². The number of halogens is 3. The minimum atomic E-state index is -4.63. The molecule has 0 fully saturated rings. The molecule has 3 rings (SSSR count). The Morgan fingerprint density at radius 1 is 1.22 bits per heavy atom. The topological polar surface area (TPSA) is 108 Å². The van der Waals surface area contributed by atoms with Gasteiger partial charge in [-0.2, -0.15) is 13.2 Å². The van der Waals surface area contributed by atoms with Crippen LogP contribution in [-0.4, -0.2) is 20.9 Å². The number of carbonyl (C=O) groups excluding carboxylic acids is 1. The molecule has 0 aliphatic carbocycles. The Bertz CT molecular complexity index is 1020. The van der Waals surface area contributed by atoms with Crippen LogP contribution in [0.5, 0.6) is 0 Å². The highest BCUT2D eigenvalue weighted by molar-refractivity contribution is 7.13. The van der Waals surface area contributed by atoms with Crippen molar-refractivity contribution >= 4 is 23.2 Å². The van der Waals surface area contributed by atoms with Gasteiger partial charge in [-0.3, -0.25) is 4.79 Å². The number of thiazole rings is 1. The van der Waals surface area contributed by atoms with Gasteiger partial charge in [0.25, 0.3) is 5.91 Å². The molecule has 0 saturated heterocycles. The summed E-state index contributed by atoms with van der Waals surface area (Å²) in [6.45, 7) is 1.81. The molecule has 140 valence electrons. The lowest BCUT2D eigenvalue weighted by Gasteiger charge is -2.08. The fourth-order valence-electron chi connectivity index (χ4n) is 2.55. The first-order chi connectivity index (χ1) is 12.6. The quantitative estimate of drug-likeness (QED) is 0.708. The minimum absolute atomic E-state index is 0.0157. The highest BCUT2D eigenvalue weighted by atomic mass is 32.1. The van der Waals surface area contributed by atoms with Crippen molar-refractivity contribution in [3.8, 4) is 11.3 Å². The van der Waals surface area contributed by atoms with Gasteiger partial charge in [-0.15, -0.1) is 11.3 Å². The standard InChI is InChI=1S/C17H14F3N5OS/c1-8-6-10(11-4-5-23-16(22)25-11)3-2-9(8)7-12-13(14(21)26)27-15(24-12)17(18,19)20/h2-6H,7H2,1H3,(H2,21,26)(H2,22,23,25). The van der Waals surface area contributed by atoms with Crippen molar-refractivity contribution in [3.63, 3.8) is 0 Å². The van der Waals surface area contributed by atoms with E-state index in [0.29, 0.717) is 5.69 Å². The third kappa shape index (κ3) is 4.05. The van der Waals surface area contributed by atoms with Gasteiger partial charge in [0, 0.05) is 18.2 Å². The van der Waals surface area contributed by atoms with Gasteiger partial charge in [-0.05, 0) is 30.2 Å². The second kappa shape index (κ2) is 6.95. The number of alkyl halides is 3. The molecular weight excluding hydrogens is 379 g/mol. The number of nitrogens with two attached hydrogens (primary N) is 2. The molecule has 3 aromatic rings. The summed E-state index contributed by atoms with van der Waals surface area (Å²) in [6.07, 6.45) is -3.03. The first-order valence-electron chi connectivity index (χ1n) is 7.70. The van der Waals surface area contributed by atoms with Gasteiger partial charge in [0.1, 0.15) is 4.88 Å². The molecule has 0 aliphatic rings. The predicted octanol–water partition coefficient (Wildman–Crippen LogP) is 3.20. The molecule has 2 heterocycles. The van der Waals surface area contributed by atoms with Crippen LogP contribution in [0.2, 0.25) is 0 Å². The summed E-state index contributed by atoms with van der Waals surface area (Å²) in [5.74, 6) is -0.786. The van der Waals surface area contributed by atoms with E-state index in [-0.39, 0.29) is 34.3 Å². The van der Waals surface area contributed by atoms with Gasteiger partial charge < -0.3 is 11.5 Å². The van der Waals surface area contributed by atoms with E-state index in [0.717, 1.165) is 16.7 Å². The van der Waals surface area contributed by atoms with Crippen molar-refractivity contribution in [2.24, 2.45) is 5.73 Å². The molecule has 1 aromatic carbocycles. The van der Waals surface area contributed by atoms with Crippen molar-refractivity contribution < 1.29 is 18.0 Å². The second-order valence-electron chi connectivity index (χ2n) is 5.77. The molecule has 1 amide bonds. The molecule has 0 atom stereocenters. The molecule has 27 heavy (non-hydrogen) atoms. The molecule has 4 N–H and O–H groups in total. The zero-order valence-electron chi connectivity index (χ0n) is 14.0. The molecule has 0 unspecified atom stereocenters. The van der Waals surface area contributed by atoms with Gasteiger partial charge in [0.15, 0.2) is 5.01 Å². The monoisotopic (exact) mass is 393 g/mol. The van der Waals surface area contributed by atoms with E-state index >= 15 is 0 Å². The average Bonchev–Trinajstić information content (AvgIpc) is 3.01. The summed E-state index contributed by atoms with van der Waals surface area (Å²) in [4.78, 5) is 22.9. The Labute approximate surface area is 156 Å². The number of aryl methyl sites for hydroxylation is 1. The Morgan fingerprint density at radius 2 is 1.96 bits per heavy atom. The normalized spacial score (nSPS) is 11.6. The average molecular weight is 393 g/mol. The molecule has 2 aromatic heterocycles. The zero-order chi connectivity index (χ0) is 19.8. The number of hydrogen-bond donors (Lipinski definition) is 2. The summed E-state index contributed by atoms with van der Waals surface area (Å²) in [6, 6.07) is 7.05. The molecule has 0 bridgehead atoms. The number of hydrogen-bond acceptors (Lipinski definition) is 6. The molecule has 0 saturated carbocycles. The van der Waals surface area contributed by atoms with E-state index in [1.54, 1.807) is 18.2 Å². The summed E-state index contributed by atoms with van der Waals surface area (Å²) in [5, 5.41) is -1.09. The number of benzene rings is 1. The van der Waals surface area contributed by atoms with Crippen molar-refractivity contribution in [1.29, 1.82) is 0 Å². The molecule has 0 radical (unpaired) electrons. The number of amides is 1. The summed E-state index contributed by atoms with van der Waals surface area (Å²) in [7, 11) is 0. The van der Waals surface area contributed by atoms with Crippen molar-refractivity contribution in [1.82, 2.24) is 15.0 Å². The van der Waals surface area contributed by atoms with E-state index in [1.165, 1.54) is 6.20 Å². The van der Waals surface area contributed by atoms with E-state index in [9.17, 15) is 18.0 Å². The van der Waals surface area contributed by atoms with Crippen molar-refractivity contribution in [2.75, 3.05) is 5.73 Å². The summed E-state index contributed by atoms with van der Waals surface area (Å²) in [5.41, 5.74) is 13.8. The lowest BCUT2D eigenvalue weighted by Crippen LogP contribution is -2.12. The van der Waals surface area contributed by atoms with Crippen LogP contribution in [0.3, 0.4) is 0 Å². The van der Waals surface area contributed by atoms with Crippen LogP contribution in [0.25, 0.3) is 11.3 Å². The van der Waals surface area contributed by atoms with Crippen LogP contribution < -0.4 is 11.5 Å². The lowest BCUT2D eigenvalue weighted by molar-refractivity contribution is -0.137. The van der Waals surface area contributed by atoms with Crippen LogP contribution in [0, 0.1) is 6.92 Å². The molecule has 0 aliphatic heterocycles. The third-order valence-corrected chi connectivity index (χ3v) is 4.99. The maximum atomic E-state index is 12.9. The fraction of sp³-hybridized carbons (Fsp3) is 0.176. The van der Waals surface area contributed by atoms with E-state index < -0.39 is 17.1 Å². The number of rotatable bonds is 4. The van der Waals surface area contributed by atoms with Crippen molar-refractivity contribution in [2.45, 2.75) is 19.5 Å². The molecule has 10 heteroatoms. The van der Waals surface area contributed by atoms with Crippen molar-refractivity contribution in [3.05, 3.63) is 57.2 Å². The van der Waals surface area contributed by atoms with Crippen LogP contribution in [0.15, 0.2) is 30.5 Å². The third-order valence-electron chi connectivity index (χ3n) is 3.83. The van der Waals surface area contributed by atoms with E-state index in [1.807, 2.05) is 13.0 Å². The first kappa shape index (κ1) is 18.8. The summed E-state index contributed by atoms with van der Waals surface area (Å²) >= 11 is 0.260. The highest BCUT2D eigenvalue weighted by Gasteiger charge is 2.36. The number of carbonyl (C=O) groups is 1. The number of anilines is 1. The van der Waals surface area contributed by atoms with Crippen LogP contribution in [-0.2, 0) is 12.6 Å². The lowest BCUT2D eigenvalue weighted by atomic mass is 9.99. The highest BCUT2D eigenvalue weighted by Crippen LogP contribution is 2.35. The molecule has 0 spiro atoms. The smallest absolute Gasteiger partial charge is 0.368 e. The maximum Gasteiger partial charge on any atom is 0.443 e. The number of nitrogens with zero attached hydrogens (tertiary/aromatic N) is 3. The minimum Gasteiger partial charge on any atom is -0.368 e. The molecular formula is C17H14F3N5OS. The predicted molar refractivity (Wildman–Crippen MR) is 95.1 cm³/mol. The number of aromatic nitrogens is 3. The first-order valence-corrected chi connectivity index (χ1v) is 8.52. The summed E-state index contributed by atoms with van der Waals surface area (Å²) < 4.78 is 38.7. The van der Waals surface area contributed by atoms with E-state index in [2.05, 4.69) is 15.0 Å². The van der Waals surface area contributed by atoms with E-state index in [4.69, 9.17) is 11.5 Å². The Morgan fingerprint density at radius 3 is 2.56 bits per heavy atom. The Hall–Kier alpha value is -3.01. The Balaban J connectivity index is 1.95. The van der Waals surface area contributed by atoms with Gasteiger partial charge in [-0.25, -0.2) is 15.0 Å². The van der Waals surface area contributed by atoms with Gasteiger partial charge in [-0.1, -0.05) is 12.1 Å². The van der Waals surface area contributed by atoms with Gasteiger partial charge in [0.2, 0.25) is 5.95 Å². The fourth-order valence-corrected chi connectivity index (χ4v) is 3.35.